The van der Waals surface area contributed by atoms with E-state index >= 15 is 0 Å². The van der Waals surface area contributed by atoms with E-state index in [1.165, 1.54) is 11.8 Å². The number of nitrogens with one attached hydrogen (secondary N) is 2. The highest BCUT2D eigenvalue weighted by molar-refractivity contribution is 9.10. The molecule has 8 heteroatoms. The number of carbonyl (C=O) groups excluding carboxylic acids is 2. The molecule has 24 heavy (non-hydrogen) atoms. The van der Waals surface area contributed by atoms with Crippen LogP contribution >= 0.6 is 27.7 Å². The fraction of sp³-hybridized carbons (Fsp3) is 0.375. The Morgan fingerprint density at radius 1 is 1.38 bits per heavy atom. The predicted octanol–water partition coefficient (Wildman–Crippen LogP) is 3.40. The van der Waals surface area contributed by atoms with E-state index in [4.69, 9.17) is 0 Å². The highest BCUT2D eigenvalue weighted by Crippen LogP contribution is 2.23. The van der Waals surface area contributed by atoms with Crippen molar-refractivity contribution in [2.45, 2.75) is 32.4 Å². The van der Waals surface area contributed by atoms with E-state index < -0.39 is 5.25 Å². The van der Waals surface area contributed by atoms with Crippen molar-refractivity contribution in [2.75, 3.05) is 5.32 Å². The summed E-state index contributed by atoms with van der Waals surface area (Å²) in [5.41, 5.74) is 1.58. The van der Waals surface area contributed by atoms with Gasteiger partial charge in [0.15, 0.2) is 5.17 Å². The van der Waals surface area contributed by atoms with Gasteiger partial charge >= 0.3 is 0 Å². The van der Waals surface area contributed by atoms with Crippen molar-refractivity contribution in [1.82, 2.24) is 5.32 Å². The number of nitrogens with zero attached hydrogens (tertiary/aromatic N) is 2. The van der Waals surface area contributed by atoms with Crippen LogP contribution < -0.4 is 10.6 Å². The second-order valence-corrected chi connectivity index (χ2v) is 7.76. The Balaban J connectivity index is 1.92. The van der Waals surface area contributed by atoms with E-state index in [1.54, 1.807) is 12.1 Å². The lowest BCUT2D eigenvalue weighted by molar-refractivity contribution is -0.122. The number of halogens is 1. The summed E-state index contributed by atoms with van der Waals surface area (Å²) in [6.45, 7) is 5.93. The number of amidine groups is 1. The second kappa shape index (κ2) is 8.43. The second-order valence-electron chi connectivity index (χ2n) is 5.66. The van der Waals surface area contributed by atoms with Crippen LogP contribution in [0.15, 0.2) is 38.9 Å². The number of amides is 2. The molecule has 2 rings (SSSR count). The van der Waals surface area contributed by atoms with Gasteiger partial charge in [0, 0.05) is 22.3 Å². The molecule has 1 heterocycles. The molecule has 0 spiro atoms. The third-order valence-corrected chi connectivity index (χ3v) is 5.01. The monoisotopic (exact) mass is 410 g/mol. The Labute approximate surface area is 153 Å². The zero-order valence-electron chi connectivity index (χ0n) is 13.7. The first-order chi connectivity index (χ1) is 11.3. The molecule has 128 valence electrons. The minimum absolute atomic E-state index is 0.0818. The summed E-state index contributed by atoms with van der Waals surface area (Å²) in [5, 5.41) is 13.5. The van der Waals surface area contributed by atoms with Crippen molar-refractivity contribution in [3.8, 4) is 0 Å². The Morgan fingerprint density at radius 3 is 2.67 bits per heavy atom. The number of hydrogen-bond acceptors (Lipinski definition) is 5. The van der Waals surface area contributed by atoms with Gasteiger partial charge in [0.25, 0.3) is 0 Å². The topological polar surface area (TPSA) is 82.9 Å². The molecule has 0 saturated carbocycles. The van der Waals surface area contributed by atoms with E-state index in [9.17, 15) is 9.59 Å². The highest BCUT2D eigenvalue weighted by atomic mass is 79.9. The van der Waals surface area contributed by atoms with E-state index in [2.05, 4.69) is 36.8 Å². The largest absolute Gasteiger partial charge is 0.326 e. The fourth-order valence-corrected chi connectivity index (χ4v) is 2.92. The number of benzene rings is 1. The number of thioether (sulfide) groups is 1. The van der Waals surface area contributed by atoms with E-state index in [0.717, 1.165) is 10.2 Å². The molecular formula is C16H19BrN4O2S. The molecule has 2 amide bonds. The van der Waals surface area contributed by atoms with E-state index in [1.807, 2.05) is 32.9 Å². The lowest BCUT2D eigenvalue weighted by Gasteiger charge is -2.07. The smallest absolute Gasteiger partial charge is 0.240 e. The third kappa shape index (κ3) is 5.45. The van der Waals surface area contributed by atoms with Gasteiger partial charge in [-0.05, 0) is 37.1 Å². The molecule has 0 aliphatic carbocycles. The maximum atomic E-state index is 12.1. The summed E-state index contributed by atoms with van der Waals surface area (Å²) in [5.74, 6) is -0.140. The zero-order valence-corrected chi connectivity index (χ0v) is 16.1. The molecule has 1 saturated heterocycles. The van der Waals surface area contributed by atoms with Crippen molar-refractivity contribution in [3.05, 3.63) is 28.7 Å². The lowest BCUT2D eigenvalue weighted by Crippen LogP contribution is -2.28. The SMILES string of the molecule is C/C(=N\N=C1/NC(=O)C(CC(=O)Nc2ccc(Br)cc2)S1)C(C)C. The summed E-state index contributed by atoms with van der Waals surface area (Å²) in [4.78, 5) is 24.0. The molecule has 1 atom stereocenters. The molecule has 1 aromatic rings. The van der Waals surface area contributed by atoms with E-state index in [0.29, 0.717) is 16.8 Å². The van der Waals surface area contributed by atoms with Gasteiger partial charge in [-0.25, -0.2) is 0 Å². The highest BCUT2D eigenvalue weighted by Gasteiger charge is 2.32. The molecule has 1 aliphatic rings. The molecule has 0 bridgehead atoms. The van der Waals surface area contributed by atoms with Gasteiger partial charge in [-0.3, -0.25) is 9.59 Å². The van der Waals surface area contributed by atoms with Crippen LogP contribution in [0.25, 0.3) is 0 Å². The first-order valence-corrected chi connectivity index (χ1v) is 9.17. The molecule has 0 radical (unpaired) electrons. The van der Waals surface area contributed by atoms with Crippen LogP contribution in [0, 0.1) is 5.92 Å². The van der Waals surface area contributed by atoms with Gasteiger partial charge in [-0.2, -0.15) is 5.10 Å². The van der Waals surface area contributed by atoms with Crippen LogP contribution in [0.3, 0.4) is 0 Å². The first kappa shape index (κ1) is 18.7. The van der Waals surface area contributed by atoms with Crippen LogP contribution in [-0.4, -0.2) is 27.9 Å². The summed E-state index contributed by atoms with van der Waals surface area (Å²) in [6, 6.07) is 7.26. The minimum Gasteiger partial charge on any atom is -0.326 e. The van der Waals surface area contributed by atoms with Crippen LogP contribution in [0.5, 0.6) is 0 Å². The standard InChI is InChI=1S/C16H19BrN4O2S/c1-9(2)10(3)20-21-16-19-15(23)13(24-16)8-14(22)18-12-6-4-11(17)5-7-12/h4-7,9,13H,8H2,1-3H3,(H,18,22)(H,19,21,23)/b20-10+. The van der Waals surface area contributed by atoms with Gasteiger partial charge < -0.3 is 10.6 Å². The van der Waals surface area contributed by atoms with Gasteiger partial charge in [0.05, 0.1) is 0 Å². The van der Waals surface area contributed by atoms with Crippen LogP contribution in [0.4, 0.5) is 5.69 Å². The molecule has 0 aromatic heterocycles. The molecular weight excluding hydrogens is 392 g/mol. The number of hydrogen-bond donors (Lipinski definition) is 2. The molecule has 1 aliphatic heterocycles. The van der Waals surface area contributed by atoms with Crippen molar-refractivity contribution < 1.29 is 9.59 Å². The van der Waals surface area contributed by atoms with Crippen molar-refractivity contribution in [1.29, 1.82) is 0 Å². The van der Waals surface area contributed by atoms with Gasteiger partial charge in [0.1, 0.15) is 5.25 Å². The maximum absolute atomic E-state index is 12.1. The quantitative estimate of drug-likeness (QED) is 0.576. The van der Waals surface area contributed by atoms with E-state index in [-0.39, 0.29) is 18.2 Å². The van der Waals surface area contributed by atoms with Crippen LogP contribution in [0.1, 0.15) is 27.2 Å². The number of rotatable bonds is 5. The van der Waals surface area contributed by atoms with Crippen molar-refractivity contribution in [3.63, 3.8) is 0 Å². The minimum atomic E-state index is -0.492. The zero-order chi connectivity index (χ0) is 17.7. The van der Waals surface area contributed by atoms with Gasteiger partial charge in [-0.15, -0.1) is 5.10 Å². The summed E-state index contributed by atoms with van der Waals surface area (Å²) in [7, 11) is 0. The Hall–Kier alpha value is -1.67. The predicted molar refractivity (Wildman–Crippen MR) is 102 cm³/mol. The Kier molecular flexibility index (Phi) is 6.56. The van der Waals surface area contributed by atoms with Gasteiger partial charge in [-0.1, -0.05) is 41.5 Å². The summed E-state index contributed by atoms with van der Waals surface area (Å²) >= 11 is 4.57. The maximum Gasteiger partial charge on any atom is 0.240 e. The normalized spacial score (nSPS) is 19.7. The van der Waals surface area contributed by atoms with Crippen LogP contribution in [-0.2, 0) is 9.59 Å². The average Bonchev–Trinajstić information content (AvgIpc) is 2.87. The summed E-state index contributed by atoms with van der Waals surface area (Å²) in [6.07, 6.45) is 0.0818. The van der Waals surface area contributed by atoms with Crippen molar-refractivity contribution >= 4 is 56.1 Å². The molecule has 1 fully saturated rings. The fourth-order valence-electron chi connectivity index (χ4n) is 1.74. The molecule has 2 N–H and O–H groups in total. The Bertz CT molecular complexity index is 686. The Morgan fingerprint density at radius 2 is 2.04 bits per heavy atom. The molecule has 1 unspecified atom stereocenters. The van der Waals surface area contributed by atoms with Crippen LogP contribution in [0.2, 0.25) is 0 Å². The summed E-state index contributed by atoms with van der Waals surface area (Å²) < 4.78 is 0.935. The average molecular weight is 411 g/mol. The van der Waals surface area contributed by atoms with Crippen molar-refractivity contribution in [2.24, 2.45) is 16.1 Å². The third-order valence-electron chi connectivity index (χ3n) is 3.41. The molecule has 6 nitrogen and oxygen atoms in total. The first-order valence-electron chi connectivity index (χ1n) is 7.50. The van der Waals surface area contributed by atoms with Gasteiger partial charge in [0.2, 0.25) is 11.8 Å². The lowest BCUT2D eigenvalue weighted by atomic mass is 10.1. The number of carbonyl (C=O) groups is 2. The number of anilines is 1. The molecule has 1 aromatic carbocycles.